The monoisotopic (exact) mass is 478 g/mol. The van der Waals surface area contributed by atoms with Crippen molar-refractivity contribution in [1.29, 1.82) is 0 Å². The lowest BCUT2D eigenvalue weighted by Crippen LogP contribution is -2.26. The summed E-state index contributed by atoms with van der Waals surface area (Å²) in [6, 6.07) is 14.8. The Morgan fingerprint density at radius 2 is 1.91 bits per heavy atom. The molecule has 0 unspecified atom stereocenters. The number of carbonyl (C=O) groups excluding carboxylic acids is 1. The standard InChI is InChI=1S/C25H26N4O4S/c1-15(2)29-24(31)23-22(18(13-26-23)16-8-6-5-7-9-16)28-25(29)34-14-21(30)27-19-11-10-17(32-3)12-20(19)33-4/h5-13,15,26H,14H2,1-4H3,(H,27,30). The number of thioether (sulfide) groups is 1. The number of anilines is 1. The van der Waals surface area contributed by atoms with Crippen molar-refractivity contribution >= 4 is 34.4 Å². The van der Waals surface area contributed by atoms with Gasteiger partial charge in [0.05, 0.1) is 25.7 Å². The van der Waals surface area contributed by atoms with Crippen molar-refractivity contribution < 1.29 is 14.3 Å². The lowest BCUT2D eigenvalue weighted by atomic mass is 10.1. The summed E-state index contributed by atoms with van der Waals surface area (Å²) >= 11 is 1.22. The fourth-order valence-corrected chi connectivity index (χ4v) is 4.59. The number of methoxy groups -OCH3 is 2. The molecule has 0 aliphatic rings. The molecule has 0 spiro atoms. The molecule has 34 heavy (non-hydrogen) atoms. The molecule has 0 aliphatic heterocycles. The summed E-state index contributed by atoms with van der Waals surface area (Å²) in [6.07, 6.45) is 1.80. The fraction of sp³-hybridized carbons (Fsp3) is 0.240. The molecule has 2 aromatic heterocycles. The first-order valence-corrected chi connectivity index (χ1v) is 11.7. The topological polar surface area (TPSA) is 98.2 Å². The van der Waals surface area contributed by atoms with E-state index in [1.165, 1.54) is 18.9 Å². The number of H-pyrrole nitrogens is 1. The molecule has 4 rings (SSSR count). The maximum atomic E-state index is 13.3. The second kappa shape index (κ2) is 10.0. The highest BCUT2D eigenvalue weighted by atomic mass is 32.2. The first-order valence-electron chi connectivity index (χ1n) is 10.8. The van der Waals surface area contributed by atoms with Crippen molar-refractivity contribution in [3.8, 4) is 22.6 Å². The average molecular weight is 479 g/mol. The highest BCUT2D eigenvalue weighted by Gasteiger charge is 2.19. The average Bonchev–Trinajstić information content (AvgIpc) is 3.27. The Bertz CT molecular complexity index is 1380. The van der Waals surface area contributed by atoms with Gasteiger partial charge in [0.25, 0.3) is 5.56 Å². The van der Waals surface area contributed by atoms with Gasteiger partial charge in [0.1, 0.15) is 22.5 Å². The molecule has 2 aromatic carbocycles. The number of aromatic nitrogens is 3. The molecule has 0 saturated carbocycles. The normalized spacial score (nSPS) is 11.1. The molecule has 9 heteroatoms. The lowest BCUT2D eigenvalue weighted by Gasteiger charge is -2.16. The SMILES string of the molecule is COc1ccc(NC(=O)CSc2nc3c(-c4ccccc4)c[nH]c3c(=O)n2C(C)C)c(OC)c1. The first kappa shape index (κ1) is 23.4. The third-order valence-electron chi connectivity index (χ3n) is 5.32. The van der Waals surface area contributed by atoms with Crippen LogP contribution < -0.4 is 20.3 Å². The second-order valence-electron chi connectivity index (χ2n) is 7.86. The van der Waals surface area contributed by atoms with Crippen LogP contribution in [-0.4, -0.2) is 40.4 Å². The highest BCUT2D eigenvalue weighted by Crippen LogP contribution is 2.31. The van der Waals surface area contributed by atoms with Crippen molar-refractivity contribution in [3.05, 3.63) is 65.1 Å². The molecule has 0 fully saturated rings. The smallest absolute Gasteiger partial charge is 0.278 e. The molecule has 0 bridgehead atoms. The number of aromatic amines is 1. The minimum Gasteiger partial charge on any atom is -0.497 e. The molecular formula is C25H26N4O4S. The van der Waals surface area contributed by atoms with Crippen molar-refractivity contribution in [2.24, 2.45) is 0 Å². The second-order valence-corrected chi connectivity index (χ2v) is 8.80. The van der Waals surface area contributed by atoms with Crippen molar-refractivity contribution in [3.63, 3.8) is 0 Å². The van der Waals surface area contributed by atoms with E-state index in [9.17, 15) is 9.59 Å². The number of ether oxygens (including phenoxy) is 2. The largest absolute Gasteiger partial charge is 0.497 e. The van der Waals surface area contributed by atoms with E-state index in [2.05, 4.69) is 10.3 Å². The zero-order chi connectivity index (χ0) is 24.2. The first-order chi connectivity index (χ1) is 16.4. The van der Waals surface area contributed by atoms with Crippen LogP contribution in [0.2, 0.25) is 0 Å². The van der Waals surface area contributed by atoms with Gasteiger partial charge in [-0.3, -0.25) is 14.2 Å². The molecule has 2 N–H and O–H groups in total. The predicted molar refractivity (Wildman–Crippen MR) is 135 cm³/mol. The molecular weight excluding hydrogens is 452 g/mol. The van der Waals surface area contributed by atoms with Gasteiger partial charge in [0.15, 0.2) is 5.16 Å². The Balaban J connectivity index is 1.63. The number of rotatable bonds is 8. The molecule has 0 atom stereocenters. The Hall–Kier alpha value is -3.72. The third-order valence-corrected chi connectivity index (χ3v) is 6.27. The number of amides is 1. The Morgan fingerprint density at radius 3 is 2.59 bits per heavy atom. The Labute approximate surface area is 201 Å². The van der Waals surface area contributed by atoms with Gasteiger partial charge >= 0.3 is 0 Å². The number of fused-ring (bicyclic) bond motifs is 1. The number of hydrogen-bond donors (Lipinski definition) is 2. The van der Waals surface area contributed by atoms with Gasteiger partial charge in [0.2, 0.25) is 5.91 Å². The van der Waals surface area contributed by atoms with Crippen molar-refractivity contribution in [2.75, 3.05) is 25.3 Å². The lowest BCUT2D eigenvalue weighted by molar-refractivity contribution is -0.113. The number of nitrogens with zero attached hydrogens (tertiary/aromatic N) is 2. The maximum absolute atomic E-state index is 13.3. The van der Waals surface area contributed by atoms with Crippen LogP contribution in [0.3, 0.4) is 0 Å². The van der Waals surface area contributed by atoms with Crippen LogP contribution in [0.5, 0.6) is 11.5 Å². The molecule has 176 valence electrons. The molecule has 2 heterocycles. The van der Waals surface area contributed by atoms with E-state index in [0.29, 0.717) is 33.4 Å². The van der Waals surface area contributed by atoms with Gasteiger partial charge in [-0.2, -0.15) is 0 Å². The van der Waals surface area contributed by atoms with Gasteiger partial charge in [-0.25, -0.2) is 4.98 Å². The Kier molecular flexibility index (Phi) is 6.93. The third kappa shape index (κ3) is 4.65. The van der Waals surface area contributed by atoms with Crippen molar-refractivity contribution in [2.45, 2.75) is 25.0 Å². The molecule has 0 aliphatic carbocycles. The predicted octanol–water partition coefficient (Wildman–Crippen LogP) is 4.72. The van der Waals surface area contributed by atoms with Crippen LogP contribution in [0.1, 0.15) is 19.9 Å². The maximum Gasteiger partial charge on any atom is 0.278 e. The zero-order valence-electron chi connectivity index (χ0n) is 19.4. The molecule has 8 nitrogen and oxygen atoms in total. The van der Waals surface area contributed by atoms with Crippen LogP contribution in [0.4, 0.5) is 5.69 Å². The summed E-state index contributed by atoms with van der Waals surface area (Å²) in [7, 11) is 3.09. The van der Waals surface area contributed by atoms with Gasteiger partial charge in [-0.05, 0) is 31.5 Å². The van der Waals surface area contributed by atoms with E-state index in [0.717, 1.165) is 11.1 Å². The quantitative estimate of drug-likeness (QED) is 0.281. The summed E-state index contributed by atoms with van der Waals surface area (Å²) in [5.74, 6) is 0.959. The number of nitrogens with one attached hydrogen (secondary N) is 2. The van der Waals surface area contributed by atoms with Gasteiger partial charge < -0.3 is 19.8 Å². The van der Waals surface area contributed by atoms with E-state index < -0.39 is 0 Å². The van der Waals surface area contributed by atoms with Gasteiger partial charge in [-0.15, -0.1) is 0 Å². The fourth-order valence-electron chi connectivity index (χ4n) is 3.66. The summed E-state index contributed by atoms with van der Waals surface area (Å²) < 4.78 is 12.2. The van der Waals surface area contributed by atoms with Gasteiger partial charge in [0, 0.05) is 23.9 Å². The highest BCUT2D eigenvalue weighted by molar-refractivity contribution is 7.99. The molecule has 0 saturated heterocycles. The number of hydrogen-bond acceptors (Lipinski definition) is 6. The van der Waals surface area contributed by atoms with E-state index in [1.54, 1.807) is 36.1 Å². The summed E-state index contributed by atoms with van der Waals surface area (Å²) in [4.78, 5) is 33.9. The number of benzene rings is 2. The van der Waals surface area contributed by atoms with E-state index in [4.69, 9.17) is 14.5 Å². The molecule has 4 aromatic rings. The van der Waals surface area contributed by atoms with E-state index >= 15 is 0 Å². The molecule has 0 radical (unpaired) electrons. The molecule has 1 amide bonds. The summed E-state index contributed by atoms with van der Waals surface area (Å²) in [5, 5.41) is 3.34. The minimum atomic E-state index is -0.240. The summed E-state index contributed by atoms with van der Waals surface area (Å²) in [6.45, 7) is 3.84. The van der Waals surface area contributed by atoms with Gasteiger partial charge in [-0.1, -0.05) is 42.1 Å². The van der Waals surface area contributed by atoms with Crippen LogP contribution >= 0.6 is 11.8 Å². The van der Waals surface area contributed by atoms with E-state index in [1.807, 2.05) is 44.2 Å². The Morgan fingerprint density at radius 1 is 1.15 bits per heavy atom. The number of carbonyl (C=O) groups is 1. The summed E-state index contributed by atoms with van der Waals surface area (Å²) in [5.41, 5.74) is 3.22. The van der Waals surface area contributed by atoms with E-state index in [-0.39, 0.29) is 23.3 Å². The van der Waals surface area contributed by atoms with Crippen LogP contribution in [0.15, 0.2) is 64.7 Å². The zero-order valence-corrected chi connectivity index (χ0v) is 20.2. The van der Waals surface area contributed by atoms with Crippen LogP contribution in [0.25, 0.3) is 22.2 Å². The van der Waals surface area contributed by atoms with Crippen LogP contribution in [-0.2, 0) is 4.79 Å². The van der Waals surface area contributed by atoms with Crippen LogP contribution in [0, 0.1) is 0 Å². The minimum absolute atomic E-state index is 0.0743. The van der Waals surface area contributed by atoms with Crippen molar-refractivity contribution in [1.82, 2.24) is 14.5 Å².